The molecule has 3 atom stereocenters. The van der Waals surface area contributed by atoms with Crippen molar-refractivity contribution in [3.63, 3.8) is 0 Å². The molecule has 3 unspecified atom stereocenters. The lowest BCUT2D eigenvalue weighted by Crippen LogP contribution is -2.34. The number of amides is 1. The van der Waals surface area contributed by atoms with Crippen LogP contribution in [0.15, 0.2) is 24.3 Å². The first-order valence-corrected chi connectivity index (χ1v) is 9.56. The van der Waals surface area contributed by atoms with Crippen LogP contribution in [-0.4, -0.2) is 38.3 Å². The highest BCUT2D eigenvalue weighted by Gasteiger charge is 2.22. The van der Waals surface area contributed by atoms with Crippen LogP contribution in [-0.2, 0) is 9.53 Å². The van der Waals surface area contributed by atoms with Crippen molar-refractivity contribution in [3.05, 3.63) is 24.3 Å². The summed E-state index contributed by atoms with van der Waals surface area (Å²) in [5.74, 6) is 1.85. The quantitative estimate of drug-likeness (QED) is 0.756. The number of hydrogen-bond acceptors (Lipinski definition) is 4. The highest BCUT2D eigenvalue weighted by atomic mass is 35.5. The van der Waals surface area contributed by atoms with Gasteiger partial charge in [0, 0.05) is 24.8 Å². The molecule has 5 nitrogen and oxygen atoms in total. The van der Waals surface area contributed by atoms with Crippen LogP contribution in [0, 0.1) is 11.8 Å². The molecule has 1 aromatic rings. The second kappa shape index (κ2) is 10.8. The minimum atomic E-state index is 0. The van der Waals surface area contributed by atoms with Crippen LogP contribution in [0.4, 0.5) is 5.69 Å². The van der Waals surface area contributed by atoms with E-state index in [9.17, 15) is 4.79 Å². The Morgan fingerprint density at radius 3 is 3.00 bits per heavy atom. The zero-order chi connectivity index (χ0) is 17.5. The second-order valence-electron chi connectivity index (χ2n) is 7.31. The predicted octanol–water partition coefficient (Wildman–Crippen LogP) is 3.63. The van der Waals surface area contributed by atoms with Crippen LogP contribution in [0.1, 0.15) is 39.0 Å². The van der Waals surface area contributed by atoms with E-state index in [1.807, 2.05) is 24.3 Å². The molecule has 2 aliphatic heterocycles. The summed E-state index contributed by atoms with van der Waals surface area (Å²) in [7, 11) is 0. The summed E-state index contributed by atoms with van der Waals surface area (Å²) in [6, 6.07) is 7.62. The summed E-state index contributed by atoms with van der Waals surface area (Å²) >= 11 is 0. The Labute approximate surface area is 162 Å². The Hall–Kier alpha value is -1.30. The van der Waals surface area contributed by atoms with E-state index < -0.39 is 0 Å². The highest BCUT2D eigenvalue weighted by molar-refractivity contribution is 5.91. The molecule has 0 radical (unpaired) electrons. The first kappa shape index (κ1) is 21.0. The highest BCUT2D eigenvalue weighted by Crippen LogP contribution is 2.24. The Morgan fingerprint density at radius 2 is 2.27 bits per heavy atom. The molecule has 1 amide bonds. The van der Waals surface area contributed by atoms with E-state index in [-0.39, 0.29) is 24.4 Å². The van der Waals surface area contributed by atoms with Crippen LogP contribution in [0.2, 0.25) is 0 Å². The van der Waals surface area contributed by atoms with Gasteiger partial charge in [0.1, 0.15) is 12.4 Å². The molecule has 0 aromatic heterocycles. The summed E-state index contributed by atoms with van der Waals surface area (Å²) in [5.41, 5.74) is 0.795. The van der Waals surface area contributed by atoms with Gasteiger partial charge in [-0.15, -0.1) is 12.4 Å². The number of halogens is 1. The molecule has 2 saturated heterocycles. The lowest BCUT2D eigenvalue weighted by molar-refractivity contribution is -0.117. The number of benzene rings is 1. The largest absolute Gasteiger partial charge is 0.491 e. The maximum absolute atomic E-state index is 12.4. The summed E-state index contributed by atoms with van der Waals surface area (Å²) in [6.07, 6.45) is 5.36. The van der Waals surface area contributed by atoms with Crippen molar-refractivity contribution >= 4 is 24.0 Å². The third kappa shape index (κ3) is 6.45. The number of hydrogen-bond donors (Lipinski definition) is 2. The van der Waals surface area contributed by atoms with Gasteiger partial charge in [0.05, 0.1) is 6.10 Å². The van der Waals surface area contributed by atoms with E-state index in [2.05, 4.69) is 17.6 Å². The van der Waals surface area contributed by atoms with Crippen LogP contribution < -0.4 is 15.4 Å². The first-order valence-electron chi connectivity index (χ1n) is 9.56. The number of piperidine rings is 1. The van der Waals surface area contributed by atoms with Crippen molar-refractivity contribution < 1.29 is 14.3 Å². The van der Waals surface area contributed by atoms with Crippen LogP contribution in [0.3, 0.4) is 0 Å². The van der Waals surface area contributed by atoms with Crippen molar-refractivity contribution in [2.45, 2.75) is 45.1 Å². The lowest BCUT2D eigenvalue weighted by Gasteiger charge is -2.28. The van der Waals surface area contributed by atoms with Gasteiger partial charge in [0.15, 0.2) is 0 Å². The molecule has 0 bridgehead atoms. The molecule has 2 heterocycles. The predicted molar refractivity (Wildman–Crippen MR) is 106 cm³/mol. The van der Waals surface area contributed by atoms with Crippen molar-refractivity contribution in [1.82, 2.24) is 5.32 Å². The number of carbonyl (C=O) groups is 1. The van der Waals surface area contributed by atoms with Gasteiger partial charge < -0.3 is 20.1 Å². The number of carbonyl (C=O) groups excluding carboxylic acids is 1. The van der Waals surface area contributed by atoms with E-state index in [1.54, 1.807) is 0 Å². The van der Waals surface area contributed by atoms with Gasteiger partial charge in [0.25, 0.3) is 0 Å². The number of anilines is 1. The van der Waals surface area contributed by atoms with Gasteiger partial charge in [-0.1, -0.05) is 13.0 Å². The summed E-state index contributed by atoms with van der Waals surface area (Å²) in [6.45, 7) is 5.72. The van der Waals surface area contributed by atoms with E-state index in [0.29, 0.717) is 24.9 Å². The van der Waals surface area contributed by atoms with E-state index >= 15 is 0 Å². The fourth-order valence-corrected chi connectivity index (χ4v) is 3.66. The van der Waals surface area contributed by atoms with Gasteiger partial charge in [-0.2, -0.15) is 0 Å². The average Bonchev–Trinajstić information content (AvgIpc) is 3.14. The molecule has 26 heavy (non-hydrogen) atoms. The van der Waals surface area contributed by atoms with Gasteiger partial charge in [0.2, 0.25) is 5.91 Å². The summed E-state index contributed by atoms with van der Waals surface area (Å²) < 4.78 is 11.4. The van der Waals surface area contributed by atoms with Crippen LogP contribution in [0.5, 0.6) is 5.75 Å². The summed E-state index contributed by atoms with van der Waals surface area (Å²) in [4.78, 5) is 12.4. The van der Waals surface area contributed by atoms with Gasteiger partial charge >= 0.3 is 0 Å². The Morgan fingerprint density at radius 1 is 1.38 bits per heavy atom. The molecule has 6 heteroatoms. The molecular formula is C20H31ClN2O3. The van der Waals surface area contributed by atoms with Crippen LogP contribution in [0.25, 0.3) is 0 Å². The zero-order valence-electron chi connectivity index (χ0n) is 15.5. The Kier molecular flexibility index (Phi) is 8.69. The van der Waals surface area contributed by atoms with Gasteiger partial charge in [-0.3, -0.25) is 4.79 Å². The minimum Gasteiger partial charge on any atom is -0.491 e. The molecule has 2 N–H and O–H groups in total. The maximum atomic E-state index is 12.4. The smallest absolute Gasteiger partial charge is 0.224 e. The molecular weight excluding hydrogens is 352 g/mol. The monoisotopic (exact) mass is 382 g/mol. The minimum absolute atomic E-state index is 0. The van der Waals surface area contributed by atoms with E-state index in [1.165, 1.54) is 12.8 Å². The third-order valence-corrected chi connectivity index (χ3v) is 5.22. The summed E-state index contributed by atoms with van der Waals surface area (Å²) in [5, 5.41) is 6.43. The Balaban J connectivity index is 0.00000243. The topological polar surface area (TPSA) is 59.6 Å². The average molecular weight is 383 g/mol. The normalized spacial score (nSPS) is 23.7. The molecule has 1 aromatic carbocycles. The molecule has 0 aliphatic carbocycles. The SMILES string of the molecule is CC(CC(=O)Nc1cccc(OCC2CCCO2)c1)C1CCCNC1.Cl. The molecule has 0 saturated carbocycles. The van der Waals surface area contributed by atoms with E-state index in [4.69, 9.17) is 9.47 Å². The van der Waals surface area contributed by atoms with Crippen molar-refractivity contribution in [3.8, 4) is 5.75 Å². The number of rotatable bonds is 7. The fraction of sp³-hybridized carbons (Fsp3) is 0.650. The van der Waals surface area contributed by atoms with Crippen molar-refractivity contribution in [1.29, 1.82) is 0 Å². The molecule has 0 spiro atoms. The molecule has 2 fully saturated rings. The number of nitrogens with one attached hydrogen (secondary N) is 2. The van der Waals surface area contributed by atoms with Gasteiger partial charge in [-0.05, 0) is 62.7 Å². The zero-order valence-corrected chi connectivity index (χ0v) is 16.4. The van der Waals surface area contributed by atoms with Gasteiger partial charge in [-0.25, -0.2) is 0 Å². The standard InChI is InChI=1S/C20H30N2O3.ClH/c1-15(16-5-3-9-21-13-16)11-20(23)22-17-6-2-7-18(12-17)25-14-19-8-4-10-24-19;/h2,6-7,12,15-16,19,21H,3-5,8-11,13-14H2,1H3,(H,22,23);1H. The first-order chi connectivity index (χ1) is 12.2. The van der Waals surface area contributed by atoms with Crippen molar-refractivity contribution in [2.75, 3.05) is 31.6 Å². The molecule has 146 valence electrons. The van der Waals surface area contributed by atoms with Crippen molar-refractivity contribution in [2.24, 2.45) is 11.8 Å². The lowest BCUT2D eigenvalue weighted by atomic mass is 9.85. The molecule has 2 aliphatic rings. The van der Waals surface area contributed by atoms with Crippen LogP contribution >= 0.6 is 12.4 Å². The second-order valence-corrected chi connectivity index (χ2v) is 7.31. The maximum Gasteiger partial charge on any atom is 0.224 e. The fourth-order valence-electron chi connectivity index (χ4n) is 3.66. The molecule has 3 rings (SSSR count). The number of ether oxygens (including phenoxy) is 2. The Bertz CT molecular complexity index is 558. The van der Waals surface area contributed by atoms with E-state index in [0.717, 1.165) is 44.0 Å². The third-order valence-electron chi connectivity index (χ3n) is 5.22.